The van der Waals surface area contributed by atoms with Crippen LogP contribution in [0.1, 0.15) is 10.6 Å². The molecular formula is C18H14F2N2O4S. The van der Waals surface area contributed by atoms with Crippen molar-refractivity contribution in [3.8, 4) is 0 Å². The van der Waals surface area contributed by atoms with E-state index in [1.54, 1.807) is 23.6 Å². The van der Waals surface area contributed by atoms with Crippen LogP contribution in [0.5, 0.6) is 0 Å². The number of hydrogen-bond acceptors (Lipinski definition) is 5. The van der Waals surface area contributed by atoms with Crippen LogP contribution < -0.4 is 10.6 Å². The molecule has 0 spiro atoms. The summed E-state index contributed by atoms with van der Waals surface area (Å²) in [7, 11) is 0. The SMILES string of the molecule is O=C(NC[C@@](O)(c1ccco1)c1cccs1)C(=O)Nc1cc(F)ccc1F. The molecule has 0 aliphatic heterocycles. The van der Waals surface area contributed by atoms with Crippen molar-refractivity contribution in [1.82, 2.24) is 5.32 Å². The van der Waals surface area contributed by atoms with Gasteiger partial charge in [-0.25, -0.2) is 8.78 Å². The number of amides is 2. The van der Waals surface area contributed by atoms with Gasteiger partial charge in [0, 0.05) is 10.9 Å². The number of carbonyl (C=O) groups excluding carboxylic acids is 2. The van der Waals surface area contributed by atoms with Crippen molar-refractivity contribution in [1.29, 1.82) is 0 Å². The predicted octanol–water partition coefficient (Wildman–Crippen LogP) is 2.61. The number of carbonyl (C=O) groups is 2. The lowest BCUT2D eigenvalue weighted by Crippen LogP contribution is -2.44. The van der Waals surface area contributed by atoms with Crippen molar-refractivity contribution in [2.75, 3.05) is 11.9 Å². The number of hydrogen-bond donors (Lipinski definition) is 3. The van der Waals surface area contributed by atoms with Crippen LogP contribution in [0.3, 0.4) is 0 Å². The molecule has 0 saturated carbocycles. The first-order valence-corrected chi connectivity index (χ1v) is 8.62. The molecule has 3 rings (SSSR count). The van der Waals surface area contributed by atoms with Gasteiger partial charge in [-0.05, 0) is 35.7 Å². The lowest BCUT2D eigenvalue weighted by Gasteiger charge is -2.25. The number of furan rings is 1. The normalized spacial score (nSPS) is 13.0. The minimum absolute atomic E-state index is 0.182. The molecule has 2 amide bonds. The van der Waals surface area contributed by atoms with Crippen LogP contribution >= 0.6 is 11.3 Å². The molecule has 2 heterocycles. The van der Waals surface area contributed by atoms with Crippen molar-refractivity contribution < 1.29 is 27.9 Å². The van der Waals surface area contributed by atoms with Gasteiger partial charge in [0.25, 0.3) is 0 Å². The molecule has 140 valence electrons. The van der Waals surface area contributed by atoms with Crippen LogP contribution in [0.25, 0.3) is 0 Å². The van der Waals surface area contributed by atoms with E-state index < -0.39 is 34.7 Å². The average molecular weight is 392 g/mol. The van der Waals surface area contributed by atoms with Gasteiger partial charge < -0.3 is 20.2 Å². The number of nitrogens with one attached hydrogen (secondary N) is 2. The molecule has 1 atom stereocenters. The fraction of sp³-hybridized carbons (Fsp3) is 0.111. The molecule has 3 N–H and O–H groups in total. The Morgan fingerprint density at radius 2 is 1.96 bits per heavy atom. The second kappa shape index (κ2) is 7.68. The summed E-state index contributed by atoms with van der Waals surface area (Å²) in [5.41, 5.74) is -2.15. The molecule has 2 aromatic heterocycles. The van der Waals surface area contributed by atoms with E-state index in [-0.39, 0.29) is 12.3 Å². The minimum Gasteiger partial charge on any atom is -0.466 e. The average Bonchev–Trinajstić information content (AvgIpc) is 3.36. The van der Waals surface area contributed by atoms with Crippen LogP contribution in [0, 0.1) is 11.6 Å². The molecule has 0 aliphatic rings. The standard InChI is InChI=1S/C18H14F2N2O4S/c19-11-5-6-12(20)13(9-11)22-17(24)16(23)21-10-18(25,14-3-1-7-26-14)15-4-2-8-27-15/h1-9,25H,10H2,(H,21,23)(H,22,24)/t18-/m1/s1. The zero-order chi connectivity index (χ0) is 19.4. The fourth-order valence-corrected chi connectivity index (χ4v) is 3.21. The Kier molecular flexibility index (Phi) is 5.33. The summed E-state index contributed by atoms with van der Waals surface area (Å²) >= 11 is 1.24. The topological polar surface area (TPSA) is 91.6 Å². The zero-order valence-electron chi connectivity index (χ0n) is 13.7. The summed E-state index contributed by atoms with van der Waals surface area (Å²) < 4.78 is 32.0. The molecule has 0 bridgehead atoms. The highest BCUT2D eigenvalue weighted by Crippen LogP contribution is 2.32. The summed E-state index contributed by atoms with van der Waals surface area (Å²) in [5, 5.41) is 17.0. The Labute approximate surface area is 156 Å². The van der Waals surface area contributed by atoms with Gasteiger partial charge in [0.2, 0.25) is 0 Å². The molecule has 0 saturated heterocycles. The maximum absolute atomic E-state index is 13.6. The van der Waals surface area contributed by atoms with E-state index >= 15 is 0 Å². The monoisotopic (exact) mass is 392 g/mol. The van der Waals surface area contributed by atoms with Crippen molar-refractivity contribution in [2.24, 2.45) is 0 Å². The second-order valence-electron chi connectivity index (χ2n) is 5.58. The van der Waals surface area contributed by atoms with E-state index in [2.05, 4.69) is 5.32 Å². The number of anilines is 1. The highest BCUT2D eigenvalue weighted by molar-refractivity contribution is 7.10. The van der Waals surface area contributed by atoms with E-state index in [1.165, 1.54) is 23.7 Å². The first-order chi connectivity index (χ1) is 12.9. The summed E-state index contributed by atoms with van der Waals surface area (Å²) in [6.07, 6.45) is 1.37. The van der Waals surface area contributed by atoms with Crippen LogP contribution in [-0.4, -0.2) is 23.5 Å². The van der Waals surface area contributed by atoms with Gasteiger partial charge in [0.05, 0.1) is 18.5 Å². The molecule has 1 aromatic carbocycles. The Balaban J connectivity index is 1.71. The number of rotatable bonds is 5. The smallest absolute Gasteiger partial charge is 0.313 e. The number of halogens is 2. The van der Waals surface area contributed by atoms with Crippen molar-refractivity contribution >= 4 is 28.8 Å². The molecule has 9 heteroatoms. The van der Waals surface area contributed by atoms with Gasteiger partial charge in [-0.2, -0.15) is 0 Å². The minimum atomic E-state index is -1.68. The highest BCUT2D eigenvalue weighted by Gasteiger charge is 2.36. The third-order valence-electron chi connectivity index (χ3n) is 3.75. The third-order valence-corrected chi connectivity index (χ3v) is 4.77. The lowest BCUT2D eigenvalue weighted by molar-refractivity contribution is -0.136. The molecule has 0 aliphatic carbocycles. The van der Waals surface area contributed by atoms with E-state index in [1.807, 2.05) is 5.32 Å². The number of benzene rings is 1. The maximum atomic E-state index is 13.6. The zero-order valence-corrected chi connectivity index (χ0v) is 14.6. The summed E-state index contributed by atoms with van der Waals surface area (Å²) in [6.45, 7) is -0.362. The molecule has 0 fully saturated rings. The van der Waals surface area contributed by atoms with E-state index in [9.17, 15) is 23.5 Å². The van der Waals surface area contributed by atoms with E-state index in [4.69, 9.17) is 4.42 Å². The Hall–Kier alpha value is -3.04. The van der Waals surface area contributed by atoms with Crippen molar-refractivity contribution in [3.63, 3.8) is 0 Å². The molecule has 0 radical (unpaired) electrons. The number of thiophene rings is 1. The van der Waals surface area contributed by atoms with Crippen LogP contribution in [-0.2, 0) is 15.2 Å². The maximum Gasteiger partial charge on any atom is 0.313 e. The van der Waals surface area contributed by atoms with Crippen LogP contribution in [0.15, 0.2) is 58.5 Å². The van der Waals surface area contributed by atoms with Gasteiger partial charge >= 0.3 is 11.8 Å². The highest BCUT2D eigenvalue weighted by atomic mass is 32.1. The van der Waals surface area contributed by atoms with Crippen molar-refractivity contribution in [3.05, 3.63) is 76.4 Å². The first kappa shape index (κ1) is 18.7. The molecule has 27 heavy (non-hydrogen) atoms. The van der Waals surface area contributed by atoms with Crippen LogP contribution in [0.2, 0.25) is 0 Å². The molecular weight excluding hydrogens is 378 g/mol. The Morgan fingerprint density at radius 1 is 1.15 bits per heavy atom. The van der Waals surface area contributed by atoms with Gasteiger partial charge in [0.15, 0.2) is 5.60 Å². The Bertz CT molecular complexity index is 908. The fourth-order valence-electron chi connectivity index (χ4n) is 2.38. The van der Waals surface area contributed by atoms with Gasteiger partial charge in [0.1, 0.15) is 17.4 Å². The molecule has 6 nitrogen and oxygen atoms in total. The van der Waals surface area contributed by atoms with Crippen molar-refractivity contribution in [2.45, 2.75) is 5.60 Å². The van der Waals surface area contributed by atoms with E-state index in [0.717, 1.165) is 18.2 Å². The van der Waals surface area contributed by atoms with Crippen LogP contribution in [0.4, 0.5) is 14.5 Å². The summed E-state index contributed by atoms with van der Waals surface area (Å²) in [5.74, 6) is -3.80. The van der Waals surface area contributed by atoms with E-state index in [0.29, 0.717) is 4.88 Å². The second-order valence-corrected chi connectivity index (χ2v) is 6.52. The predicted molar refractivity (Wildman–Crippen MR) is 94.0 cm³/mol. The van der Waals surface area contributed by atoms with Gasteiger partial charge in [-0.15, -0.1) is 11.3 Å². The lowest BCUT2D eigenvalue weighted by atomic mass is 9.98. The quantitative estimate of drug-likeness (QED) is 0.582. The first-order valence-electron chi connectivity index (χ1n) is 7.75. The Morgan fingerprint density at radius 3 is 2.63 bits per heavy atom. The number of aliphatic hydroxyl groups is 1. The van der Waals surface area contributed by atoms with Gasteiger partial charge in [-0.1, -0.05) is 6.07 Å². The summed E-state index contributed by atoms with van der Waals surface area (Å²) in [6, 6.07) is 8.95. The molecule has 0 unspecified atom stereocenters. The van der Waals surface area contributed by atoms with Gasteiger partial charge in [-0.3, -0.25) is 9.59 Å². The third kappa shape index (κ3) is 4.04. The summed E-state index contributed by atoms with van der Waals surface area (Å²) in [4.78, 5) is 24.5. The largest absolute Gasteiger partial charge is 0.466 e. The molecule has 3 aromatic rings.